The van der Waals surface area contributed by atoms with Crippen LogP contribution in [0.1, 0.15) is 39.8 Å². The zero-order valence-corrected chi connectivity index (χ0v) is 16.7. The van der Waals surface area contributed by atoms with E-state index in [-0.39, 0.29) is 23.7 Å². The van der Waals surface area contributed by atoms with E-state index >= 15 is 0 Å². The van der Waals surface area contributed by atoms with Gasteiger partial charge in [0.25, 0.3) is 5.91 Å². The molecule has 0 spiro atoms. The van der Waals surface area contributed by atoms with Crippen LogP contribution in [0.2, 0.25) is 0 Å². The molecule has 3 aromatic rings. The topological polar surface area (TPSA) is 111 Å². The normalized spacial score (nSPS) is 15.9. The van der Waals surface area contributed by atoms with Gasteiger partial charge in [0.1, 0.15) is 5.82 Å². The summed E-state index contributed by atoms with van der Waals surface area (Å²) in [4.78, 5) is 27.9. The van der Waals surface area contributed by atoms with Crippen LogP contribution >= 0.6 is 0 Å². The molecule has 154 valence electrons. The number of amides is 1. The van der Waals surface area contributed by atoms with E-state index in [1.165, 1.54) is 12.1 Å². The average molecular weight is 406 g/mol. The van der Waals surface area contributed by atoms with Crippen LogP contribution in [-0.2, 0) is 6.42 Å². The molecule has 1 atom stereocenters. The van der Waals surface area contributed by atoms with Crippen LogP contribution < -0.4 is 11.5 Å². The smallest absolute Gasteiger partial charge is 0.258 e. The van der Waals surface area contributed by atoms with Crippen molar-refractivity contribution in [1.82, 2.24) is 19.9 Å². The summed E-state index contributed by atoms with van der Waals surface area (Å²) in [6.45, 7) is 2.70. The maximum atomic E-state index is 14.2. The lowest BCUT2D eigenvalue weighted by molar-refractivity contribution is 0.0642. The van der Waals surface area contributed by atoms with Crippen molar-refractivity contribution in [3.63, 3.8) is 0 Å². The molecule has 1 amide bonds. The van der Waals surface area contributed by atoms with Gasteiger partial charge in [-0.2, -0.15) is 0 Å². The second kappa shape index (κ2) is 8.16. The fourth-order valence-corrected chi connectivity index (χ4v) is 4.05. The van der Waals surface area contributed by atoms with Crippen LogP contribution in [0.15, 0.2) is 42.7 Å². The van der Waals surface area contributed by atoms with Gasteiger partial charge < -0.3 is 16.4 Å². The van der Waals surface area contributed by atoms with Crippen molar-refractivity contribution in [2.24, 2.45) is 5.73 Å². The standard InChI is InChI=1S/C22H23FN6O/c1-13-20-18(28-22(25)27-13)11-19(29(21(20)30)9-3-7-24)16-6-5-15(23)10-17(16)14-4-2-8-26-12-14/h2,4-6,8,10,12,19H,3,7,9,11,24H2,1H3,(H2,25,27,28)/t19-/m1/s1. The lowest BCUT2D eigenvalue weighted by Gasteiger charge is -2.38. The first-order valence-electron chi connectivity index (χ1n) is 9.83. The lowest BCUT2D eigenvalue weighted by atomic mass is 9.87. The molecule has 1 aliphatic heterocycles. The number of nitrogens with two attached hydrogens (primary N) is 2. The number of rotatable bonds is 5. The average Bonchev–Trinajstić information content (AvgIpc) is 2.73. The minimum atomic E-state index is -0.351. The van der Waals surface area contributed by atoms with Gasteiger partial charge in [-0.3, -0.25) is 9.78 Å². The summed E-state index contributed by atoms with van der Waals surface area (Å²) in [5, 5.41) is 0. The molecule has 0 unspecified atom stereocenters. The monoisotopic (exact) mass is 406 g/mol. The number of hydrogen-bond donors (Lipinski definition) is 2. The fraction of sp³-hybridized carbons (Fsp3) is 0.273. The van der Waals surface area contributed by atoms with Gasteiger partial charge in [-0.05, 0) is 49.2 Å². The Labute approximate surface area is 174 Å². The Bertz CT molecular complexity index is 1090. The van der Waals surface area contributed by atoms with Crippen molar-refractivity contribution in [3.05, 3.63) is 71.1 Å². The van der Waals surface area contributed by atoms with Crippen molar-refractivity contribution in [1.29, 1.82) is 0 Å². The van der Waals surface area contributed by atoms with E-state index in [1.807, 2.05) is 6.07 Å². The highest BCUT2D eigenvalue weighted by molar-refractivity contribution is 5.98. The Morgan fingerprint density at radius 1 is 1.27 bits per heavy atom. The number of fused-ring (bicyclic) bond motifs is 1. The second-order valence-corrected chi connectivity index (χ2v) is 7.32. The number of halogens is 1. The molecule has 2 aromatic heterocycles. The van der Waals surface area contributed by atoms with Gasteiger partial charge in [0, 0.05) is 30.9 Å². The van der Waals surface area contributed by atoms with Crippen LogP contribution in [0.25, 0.3) is 11.1 Å². The third kappa shape index (κ3) is 3.61. The van der Waals surface area contributed by atoms with Crippen molar-refractivity contribution in [3.8, 4) is 11.1 Å². The Hall–Kier alpha value is -3.39. The molecule has 3 heterocycles. The van der Waals surface area contributed by atoms with Crippen LogP contribution in [0.4, 0.5) is 10.3 Å². The first-order valence-corrected chi connectivity index (χ1v) is 9.83. The van der Waals surface area contributed by atoms with Gasteiger partial charge in [0.15, 0.2) is 0 Å². The van der Waals surface area contributed by atoms with Crippen LogP contribution in [-0.4, -0.2) is 38.8 Å². The highest BCUT2D eigenvalue weighted by Gasteiger charge is 2.36. The number of aromatic nitrogens is 3. The summed E-state index contributed by atoms with van der Waals surface area (Å²) in [5.41, 5.74) is 15.5. The molecule has 0 radical (unpaired) electrons. The third-order valence-electron chi connectivity index (χ3n) is 5.37. The Kier molecular flexibility index (Phi) is 5.41. The molecule has 1 aromatic carbocycles. The predicted octanol–water partition coefficient (Wildman–Crippen LogP) is 2.66. The summed E-state index contributed by atoms with van der Waals surface area (Å²) in [6.07, 6.45) is 4.46. The SMILES string of the molecule is Cc1nc(N)nc2c1C(=O)N(CCCN)[C@@H](c1ccc(F)cc1-c1cccnc1)C2. The maximum Gasteiger partial charge on any atom is 0.258 e. The molecule has 0 bridgehead atoms. The summed E-state index contributed by atoms with van der Waals surface area (Å²) < 4.78 is 14.2. The van der Waals surface area contributed by atoms with E-state index < -0.39 is 0 Å². The summed E-state index contributed by atoms with van der Waals surface area (Å²) in [6, 6.07) is 7.96. The number of anilines is 1. The maximum absolute atomic E-state index is 14.2. The number of nitrogens with zero attached hydrogens (tertiary/aromatic N) is 4. The molecule has 4 rings (SSSR count). The highest BCUT2D eigenvalue weighted by Crippen LogP contribution is 2.38. The van der Waals surface area contributed by atoms with Crippen LogP contribution in [0.5, 0.6) is 0 Å². The first-order chi connectivity index (χ1) is 14.5. The van der Waals surface area contributed by atoms with Gasteiger partial charge in [-0.25, -0.2) is 14.4 Å². The van der Waals surface area contributed by atoms with Crippen LogP contribution in [0, 0.1) is 12.7 Å². The molecule has 30 heavy (non-hydrogen) atoms. The molecular weight excluding hydrogens is 383 g/mol. The molecule has 8 heteroatoms. The number of hydrogen-bond acceptors (Lipinski definition) is 6. The van der Waals surface area contributed by atoms with Crippen LogP contribution in [0.3, 0.4) is 0 Å². The van der Waals surface area contributed by atoms with Crippen molar-refractivity contribution in [2.75, 3.05) is 18.8 Å². The second-order valence-electron chi connectivity index (χ2n) is 7.32. The molecule has 0 saturated heterocycles. The molecule has 7 nitrogen and oxygen atoms in total. The van der Waals surface area contributed by atoms with Gasteiger partial charge in [-0.1, -0.05) is 12.1 Å². The Balaban J connectivity index is 1.87. The molecule has 1 aliphatic rings. The van der Waals surface area contributed by atoms with Gasteiger partial charge in [-0.15, -0.1) is 0 Å². The van der Waals surface area contributed by atoms with E-state index in [0.717, 1.165) is 11.1 Å². The largest absolute Gasteiger partial charge is 0.368 e. The Morgan fingerprint density at radius 2 is 2.10 bits per heavy atom. The molecule has 4 N–H and O–H groups in total. The number of carbonyl (C=O) groups excluding carboxylic acids is 1. The molecule has 0 saturated carbocycles. The predicted molar refractivity (Wildman–Crippen MR) is 112 cm³/mol. The minimum absolute atomic E-state index is 0.139. The zero-order valence-electron chi connectivity index (χ0n) is 16.7. The minimum Gasteiger partial charge on any atom is -0.368 e. The number of benzene rings is 1. The summed E-state index contributed by atoms with van der Waals surface area (Å²) >= 11 is 0. The molecular formula is C22H23FN6O. The van der Waals surface area contributed by atoms with Crippen molar-refractivity contribution in [2.45, 2.75) is 25.8 Å². The lowest BCUT2D eigenvalue weighted by Crippen LogP contribution is -2.42. The highest BCUT2D eigenvalue weighted by atomic mass is 19.1. The number of carbonyl (C=O) groups is 1. The van der Waals surface area contributed by atoms with Gasteiger partial charge in [0.2, 0.25) is 5.95 Å². The number of nitrogen functional groups attached to an aromatic ring is 1. The van der Waals surface area contributed by atoms with E-state index in [0.29, 0.717) is 48.4 Å². The molecule has 0 fully saturated rings. The fourth-order valence-electron chi connectivity index (χ4n) is 4.05. The van der Waals surface area contributed by atoms with Gasteiger partial charge in [0.05, 0.1) is 23.0 Å². The zero-order chi connectivity index (χ0) is 21.3. The Morgan fingerprint density at radius 3 is 2.83 bits per heavy atom. The van der Waals surface area contributed by atoms with E-state index in [2.05, 4.69) is 15.0 Å². The van der Waals surface area contributed by atoms with Crippen molar-refractivity contribution < 1.29 is 9.18 Å². The number of pyridine rings is 1. The quantitative estimate of drug-likeness (QED) is 0.674. The van der Waals surface area contributed by atoms with E-state index in [9.17, 15) is 9.18 Å². The number of aryl methyl sites for hydroxylation is 1. The van der Waals surface area contributed by atoms with Crippen molar-refractivity contribution >= 4 is 11.9 Å². The first kappa shape index (κ1) is 19.9. The summed E-state index contributed by atoms with van der Waals surface area (Å²) in [7, 11) is 0. The third-order valence-corrected chi connectivity index (χ3v) is 5.37. The van der Waals surface area contributed by atoms with E-state index in [4.69, 9.17) is 11.5 Å². The molecule has 0 aliphatic carbocycles. The summed E-state index contributed by atoms with van der Waals surface area (Å²) in [5.74, 6) is -0.371. The van der Waals surface area contributed by atoms with E-state index in [1.54, 1.807) is 36.4 Å². The van der Waals surface area contributed by atoms with Gasteiger partial charge >= 0.3 is 0 Å².